The molecule has 0 radical (unpaired) electrons. The molecule has 23 heavy (non-hydrogen) atoms. The maximum absolute atomic E-state index is 11.7. The van der Waals surface area contributed by atoms with Crippen molar-refractivity contribution in [3.8, 4) is 0 Å². The van der Waals surface area contributed by atoms with Gasteiger partial charge in [0.05, 0.1) is 12.6 Å². The number of rotatable bonds is 5. The number of ether oxygens (including phenoxy) is 1. The van der Waals surface area contributed by atoms with Crippen molar-refractivity contribution in [1.82, 2.24) is 10.6 Å². The van der Waals surface area contributed by atoms with Crippen LogP contribution in [0.25, 0.3) is 0 Å². The molecular formula is C16H22ClN3O3. The molecule has 0 spiro atoms. The zero-order valence-corrected chi connectivity index (χ0v) is 13.9. The van der Waals surface area contributed by atoms with Gasteiger partial charge in [0.25, 0.3) is 0 Å². The molecule has 2 rings (SSSR count). The van der Waals surface area contributed by atoms with Gasteiger partial charge in [0.1, 0.15) is 0 Å². The van der Waals surface area contributed by atoms with E-state index >= 15 is 0 Å². The molecule has 1 saturated heterocycles. The van der Waals surface area contributed by atoms with Crippen LogP contribution in [0, 0.1) is 5.92 Å². The van der Waals surface area contributed by atoms with E-state index in [0.717, 1.165) is 19.4 Å². The third-order valence-corrected chi connectivity index (χ3v) is 3.93. The minimum atomic E-state index is -0.338. The van der Waals surface area contributed by atoms with Crippen molar-refractivity contribution in [2.75, 3.05) is 25.0 Å². The lowest BCUT2D eigenvalue weighted by molar-refractivity contribution is -0.115. The second kappa shape index (κ2) is 8.74. The largest absolute Gasteiger partial charge is 0.378 e. The number of benzene rings is 1. The molecule has 126 valence electrons. The van der Waals surface area contributed by atoms with E-state index in [-0.39, 0.29) is 24.6 Å². The highest BCUT2D eigenvalue weighted by Crippen LogP contribution is 2.18. The van der Waals surface area contributed by atoms with Crippen LogP contribution in [0.1, 0.15) is 19.8 Å². The molecule has 0 aliphatic carbocycles. The van der Waals surface area contributed by atoms with Gasteiger partial charge in [-0.05, 0) is 49.9 Å². The lowest BCUT2D eigenvalue weighted by atomic mass is 9.96. The fourth-order valence-corrected chi connectivity index (χ4v) is 2.60. The van der Waals surface area contributed by atoms with Gasteiger partial charge in [-0.2, -0.15) is 0 Å². The van der Waals surface area contributed by atoms with Crippen molar-refractivity contribution in [2.45, 2.75) is 25.9 Å². The first-order chi connectivity index (χ1) is 11.0. The van der Waals surface area contributed by atoms with Crippen LogP contribution in [-0.4, -0.2) is 37.7 Å². The average molecular weight is 340 g/mol. The maximum Gasteiger partial charge on any atom is 0.315 e. The van der Waals surface area contributed by atoms with Gasteiger partial charge in [-0.1, -0.05) is 11.6 Å². The smallest absolute Gasteiger partial charge is 0.315 e. The van der Waals surface area contributed by atoms with E-state index in [1.54, 1.807) is 24.3 Å². The molecule has 1 fully saturated rings. The predicted octanol–water partition coefficient (Wildman–Crippen LogP) is 2.39. The number of nitrogens with one attached hydrogen (secondary N) is 3. The third kappa shape index (κ3) is 6.46. The Balaban J connectivity index is 1.63. The first-order valence-corrected chi connectivity index (χ1v) is 8.09. The fourth-order valence-electron chi connectivity index (χ4n) is 2.48. The summed E-state index contributed by atoms with van der Waals surface area (Å²) in [6.07, 6.45) is 2.13. The van der Waals surface area contributed by atoms with Crippen LogP contribution < -0.4 is 16.0 Å². The second-order valence-electron chi connectivity index (χ2n) is 5.69. The molecule has 1 aromatic carbocycles. The Morgan fingerprint density at radius 3 is 2.70 bits per heavy atom. The molecule has 1 aliphatic rings. The lowest BCUT2D eigenvalue weighted by Crippen LogP contribution is -2.42. The highest BCUT2D eigenvalue weighted by atomic mass is 35.5. The first-order valence-electron chi connectivity index (χ1n) is 7.71. The summed E-state index contributed by atoms with van der Waals surface area (Å²) in [7, 11) is 0. The minimum absolute atomic E-state index is 0.0847. The normalized spacial score (nSPS) is 20.6. The van der Waals surface area contributed by atoms with E-state index in [2.05, 4.69) is 16.0 Å². The maximum atomic E-state index is 11.7. The summed E-state index contributed by atoms with van der Waals surface area (Å²) in [6.45, 7) is 3.28. The van der Waals surface area contributed by atoms with Crippen molar-refractivity contribution >= 4 is 29.2 Å². The zero-order valence-electron chi connectivity index (χ0n) is 13.1. The lowest BCUT2D eigenvalue weighted by Gasteiger charge is -2.27. The minimum Gasteiger partial charge on any atom is -0.378 e. The van der Waals surface area contributed by atoms with E-state index in [0.29, 0.717) is 23.2 Å². The molecule has 0 saturated carbocycles. The molecule has 1 aromatic rings. The summed E-state index contributed by atoms with van der Waals surface area (Å²) < 4.78 is 5.47. The summed E-state index contributed by atoms with van der Waals surface area (Å²) in [5.74, 6) is 0.134. The number of urea groups is 1. The second-order valence-corrected chi connectivity index (χ2v) is 6.13. The SMILES string of the molecule is C[C@H]1C[C@@H](CNC(=O)NCC(=O)Nc2ccc(Cl)cc2)CCO1. The zero-order chi connectivity index (χ0) is 16.7. The topological polar surface area (TPSA) is 79.5 Å². The Morgan fingerprint density at radius 2 is 2.00 bits per heavy atom. The average Bonchev–Trinajstić information content (AvgIpc) is 2.53. The molecule has 0 unspecified atom stereocenters. The van der Waals surface area contributed by atoms with Crippen molar-refractivity contribution in [2.24, 2.45) is 5.92 Å². The number of hydrogen-bond donors (Lipinski definition) is 3. The van der Waals surface area contributed by atoms with Gasteiger partial charge < -0.3 is 20.7 Å². The van der Waals surface area contributed by atoms with E-state index < -0.39 is 0 Å². The standard InChI is InChI=1S/C16H22ClN3O3/c1-11-8-12(6-7-23-11)9-18-16(22)19-10-15(21)20-14-4-2-13(17)3-5-14/h2-5,11-12H,6-10H2,1H3,(H,20,21)(H2,18,19,22)/t11-,12-/m0/s1. The number of anilines is 1. The molecule has 1 aliphatic heterocycles. The number of hydrogen-bond acceptors (Lipinski definition) is 3. The number of carbonyl (C=O) groups excluding carboxylic acids is 2. The van der Waals surface area contributed by atoms with E-state index in [4.69, 9.17) is 16.3 Å². The Kier molecular flexibility index (Phi) is 6.67. The molecule has 6 nitrogen and oxygen atoms in total. The fraction of sp³-hybridized carbons (Fsp3) is 0.500. The highest BCUT2D eigenvalue weighted by molar-refractivity contribution is 6.30. The van der Waals surface area contributed by atoms with E-state index in [1.165, 1.54) is 0 Å². The van der Waals surface area contributed by atoms with Gasteiger partial charge in [0.15, 0.2) is 0 Å². The molecule has 7 heteroatoms. The van der Waals surface area contributed by atoms with E-state index in [1.807, 2.05) is 6.92 Å². The number of amides is 3. The van der Waals surface area contributed by atoms with Crippen LogP contribution in [0.2, 0.25) is 5.02 Å². The summed E-state index contributed by atoms with van der Waals surface area (Å²) >= 11 is 5.77. The van der Waals surface area contributed by atoms with Gasteiger partial charge in [0, 0.05) is 23.9 Å². The van der Waals surface area contributed by atoms with Crippen molar-refractivity contribution in [3.05, 3.63) is 29.3 Å². The van der Waals surface area contributed by atoms with Crippen LogP contribution in [0.15, 0.2) is 24.3 Å². The van der Waals surface area contributed by atoms with E-state index in [9.17, 15) is 9.59 Å². The van der Waals surface area contributed by atoms with Crippen LogP contribution in [-0.2, 0) is 9.53 Å². The third-order valence-electron chi connectivity index (χ3n) is 3.68. The summed E-state index contributed by atoms with van der Waals surface area (Å²) in [6, 6.07) is 6.44. The Hall–Kier alpha value is -1.79. The predicted molar refractivity (Wildman–Crippen MR) is 89.6 cm³/mol. The molecule has 3 N–H and O–H groups in total. The van der Waals surface area contributed by atoms with Crippen molar-refractivity contribution < 1.29 is 14.3 Å². The summed E-state index contributed by atoms with van der Waals surface area (Å²) in [4.78, 5) is 23.5. The quantitative estimate of drug-likeness (QED) is 0.770. The van der Waals surface area contributed by atoms with Gasteiger partial charge in [-0.15, -0.1) is 0 Å². The Labute approximate surface area is 140 Å². The van der Waals surface area contributed by atoms with Crippen LogP contribution in [0.4, 0.5) is 10.5 Å². The van der Waals surface area contributed by atoms with Gasteiger partial charge in [-0.3, -0.25) is 4.79 Å². The van der Waals surface area contributed by atoms with Crippen LogP contribution >= 0.6 is 11.6 Å². The van der Waals surface area contributed by atoms with Crippen molar-refractivity contribution in [1.29, 1.82) is 0 Å². The molecule has 0 bridgehead atoms. The Bertz CT molecular complexity index is 536. The summed E-state index contributed by atoms with van der Waals surface area (Å²) in [5, 5.41) is 8.62. The highest BCUT2D eigenvalue weighted by Gasteiger charge is 2.19. The summed E-state index contributed by atoms with van der Waals surface area (Å²) in [5.41, 5.74) is 0.637. The van der Waals surface area contributed by atoms with Gasteiger partial charge >= 0.3 is 6.03 Å². The molecular weight excluding hydrogens is 318 g/mol. The number of halogens is 1. The molecule has 1 heterocycles. The monoisotopic (exact) mass is 339 g/mol. The van der Waals surface area contributed by atoms with Gasteiger partial charge in [0.2, 0.25) is 5.91 Å². The van der Waals surface area contributed by atoms with Gasteiger partial charge in [-0.25, -0.2) is 4.79 Å². The molecule has 0 aromatic heterocycles. The molecule has 2 atom stereocenters. The first kappa shape index (κ1) is 17.6. The molecule has 3 amide bonds. The van der Waals surface area contributed by atoms with Crippen LogP contribution in [0.5, 0.6) is 0 Å². The van der Waals surface area contributed by atoms with Crippen molar-refractivity contribution in [3.63, 3.8) is 0 Å². The Morgan fingerprint density at radius 1 is 1.26 bits per heavy atom. The number of carbonyl (C=O) groups is 2. The van der Waals surface area contributed by atoms with Crippen LogP contribution in [0.3, 0.4) is 0 Å².